The first kappa shape index (κ1) is 14.6. The molecule has 1 unspecified atom stereocenters. The molecule has 4 heteroatoms. The molecule has 1 rings (SSSR count). The minimum Gasteiger partial charge on any atom is -0.469 e. The van der Waals surface area contributed by atoms with Crippen LogP contribution in [0.15, 0.2) is 24.3 Å². The number of hydrogen-bond donors (Lipinski definition) is 1. The summed E-state index contributed by atoms with van der Waals surface area (Å²) in [5, 5.41) is 3.25. The van der Waals surface area contributed by atoms with Crippen LogP contribution in [0.1, 0.15) is 32.4 Å². The van der Waals surface area contributed by atoms with Crippen molar-refractivity contribution < 1.29 is 13.9 Å². The smallest absolute Gasteiger partial charge is 0.312 e. The Morgan fingerprint density at radius 1 is 1.39 bits per heavy atom. The fraction of sp³-hybridized carbons (Fsp3) is 0.500. The van der Waals surface area contributed by atoms with Gasteiger partial charge in [-0.15, -0.1) is 0 Å². The summed E-state index contributed by atoms with van der Waals surface area (Å²) in [5.41, 5.74) is 0.403. The fourth-order valence-electron chi connectivity index (χ4n) is 1.63. The van der Waals surface area contributed by atoms with Crippen LogP contribution in [-0.4, -0.2) is 19.6 Å². The van der Waals surface area contributed by atoms with E-state index in [-0.39, 0.29) is 17.8 Å². The van der Waals surface area contributed by atoms with E-state index in [1.807, 2.05) is 20.8 Å². The highest BCUT2D eigenvalue weighted by Crippen LogP contribution is 2.19. The first-order valence-electron chi connectivity index (χ1n) is 5.94. The van der Waals surface area contributed by atoms with Crippen LogP contribution in [0, 0.1) is 11.2 Å². The predicted molar refractivity (Wildman–Crippen MR) is 68.6 cm³/mol. The van der Waals surface area contributed by atoms with E-state index in [1.165, 1.54) is 19.2 Å². The second-order valence-corrected chi connectivity index (χ2v) is 5.03. The molecule has 0 fully saturated rings. The van der Waals surface area contributed by atoms with E-state index in [4.69, 9.17) is 4.74 Å². The lowest BCUT2D eigenvalue weighted by molar-refractivity contribution is -0.150. The van der Waals surface area contributed by atoms with Crippen molar-refractivity contribution in [1.29, 1.82) is 0 Å². The highest BCUT2D eigenvalue weighted by atomic mass is 19.1. The number of halogens is 1. The second kappa shape index (κ2) is 5.96. The summed E-state index contributed by atoms with van der Waals surface area (Å²) in [7, 11) is 1.38. The van der Waals surface area contributed by atoms with Gasteiger partial charge >= 0.3 is 5.97 Å². The number of carbonyl (C=O) groups is 1. The highest BCUT2D eigenvalue weighted by Gasteiger charge is 2.28. The van der Waals surface area contributed by atoms with E-state index >= 15 is 0 Å². The molecule has 100 valence electrons. The van der Waals surface area contributed by atoms with Crippen LogP contribution in [-0.2, 0) is 9.53 Å². The molecular weight excluding hydrogens is 233 g/mol. The molecule has 1 atom stereocenters. The zero-order valence-electron chi connectivity index (χ0n) is 11.3. The number of carbonyl (C=O) groups excluding carboxylic acids is 1. The number of hydrogen-bond acceptors (Lipinski definition) is 3. The monoisotopic (exact) mass is 253 g/mol. The number of ether oxygens (including phenoxy) is 1. The SMILES string of the molecule is COC(=O)C(C)(C)CNC(C)c1ccc(F)cc1. The van der Waals surface area contributed by atoms with Gasteiger partial charge in [-0.2, -0.15) is 0 Å². The largest absolute Gasteiger partial charge is 0.469 e. The molecule has 0 aliphatic heterocycles. The quantitative estimate of drug-likeness (QED) is 0.820. The molecule has 0 aliphatic rings. The van der Waals surface area contributed by atoms with Crippen molar-refractivity contribution in [2.45, 2.75) is 26.8 Å². The van der Waals surface area contributed by atoms with E-state index in [9.17, 15) is 9.18 Å². The number of rotatable bonds is 5. The molecule has 0 bridgehead atoms. The van der Waals surface area contributed by atoms with Gasteiger partial charge < -0.3 is 10.1 Å². The molecule has 0 heterocycles. The minimum atomic E-state index is -0.580. The molecule has 0 saturated carbocycles. The maximum absolute atomic E-state index is 12.8. The van der Waals surface area contributed by atoms with Crippen molar-refractivity contribution in [3.63, 3.8) is 0 Å². The van der Waals surface area contributed by atoms with Crippen LogP contribution in [0.3, 0.4) is 0 Å². The van der Waals surface area contributed by atoms with Crippen molar-refractivity contribution >= 4 is 5.97 Å². The molecule has 0 aliphatic carbocycles. The Morgan fingerprint density at radius 3 is 2.44 bits per heavy atom. The standard InChI is InChI=1S/C14H20FNO2/c1-10(11-5-7-12(15)8-6-11)16-9-14(2,3)13(17)18-4/h5-8,10,16H,9H2,1-4H3. The Hall–Kier alpha value is -1.42. The van der Waals surface area contributed by atoms with Crippen LogP contribution >= 0.6 is 0 Å². The van der Waals surface area contributed by atoms with Gasteiger partial charge in [0.15, 0.2) is 0 Å². The van der Waals surface area contributed by atoms with Crippen molar-refractivity contribution in [2.24, 2.45) is 5.41 Å². The van der Waals surface area contributed by atoms with Crippen LogP contribution in [0.5, 0.6) is 0 Å². The molecule has 0 saturated heterocycles. The summed E-state index contributed by atoms with van der Waals surface area (Å²) >= 11 is 0. The lowest BCUT2D eigenvalue weighted by atomic mass is 9.93. The van der Waals surface area contributed by atoms with Crippen LogP contribution in [0.2, 0.25) is 0 Å². The summed E-state index contributed by atoms with van der Waals surface area (Å²) in [5.74, 6) is -0.498. The van der Waals surface area contributed by atoms with E-state index in [2.05, 4.69) is 5.32 Å². The molecular formula is C14H20FNO2. The third-order valence-electron chi connectivity index (χ3n) is 2.96. The molecule has 1 aromatic rings. The fourth-order valence-corrected chi connectivity index (χ4v) is 1.63. The Balaban J connectivity index is 2.58. The van der Waals surface area contributed by atoms with Gasteiger partial charge in [-0.3, -0.25) is 4.79 Å². The van der Waals surface area contributed by atoms with Gasteiger partial charge in [0.1, 0.15) is 5.82 Å². The van der Waals surface area contributed by atoms with Crippen LogP contribution in [0.4, 0.5) is 4.39 Å². The zero-order valence-corrected chi connectivity index (χ0v) is 11.3. The number of methoxy groups -OCH3 is 1. The highest BCUT2D eigenvalue weighted by molar-refractivity contribution is 5.76. The third kappa shape index (κ3) is 3.81. The number of esters is 1. The summed E-state index contributed by atoms with van der Waals surface area (Å²) in [4.78, 5) is 11.5. The first-order chi connectivity index (χ1) is 8.36. The molecule has 1 N–H and O–H groups in total. The summed E-state index contributed by atoms with van der Waals surface area (Å²) in [6.07, 6.45) is 0. The summed E-state index contributed by atoms with van der Waals surface area (Å²) < 4.78 is 17.5. The van der Waals surface area contributed by atoms with E-state index in [0.717, 1.165) is 5.56 Å². The average molecular weight is 253 g/mol. The van der Waals surface area contributed by atoms with Crippen LogP contribution < -0.4 is 5.32 Å². The first-order valence-corrected chi connectivity index (χ1v) is 5.94. The molecule has 18 heavy (non-hydrogen) atoms. The van der Waals surface area contributed by atoms with E-state index in [0.29, 0.717) is 6.54 Å². The van der Waals surface area contributed by atoms with Crippen LogP contribution in [0.25, 0.3) is 0 Å². The zero-order chi connectivity index (χ0) is 13.8. The van der Waals surface area contributed by atoms with Gasteiger partial charge in [-0.1, -0.05) is 12.1 Å². The molecule has 0 spiro atoms. The molecule has 0 radical (unpaired) electrons. The van der Waals surface area contributed by atoms with Gasteiger partial charge in [0, 0.05) is 12.6 Å². The van der Waals surface area contributed by atoms with Gasteiger partial charge in [0.25, 0.3) is 0 Å². The number of benzene rings is 1. The lowest BCUT2D eigenvalue weighted by Gasteiger charge is -2.24. The van der Waals surface area contributed by atoms with Crippen molar-refractivity contribution in [2.75, 3.05) is 13.7 Å². The average Bonchev–Trinajstić information content (AvgIpc) is 2.35. The number of nitrogens with one attached hydrogen (secondary N) is 1. The Morgan fingerprint density at radius 2 is 1.94 bits per heavy atom. The van der Waals surface area contributed by atoms with Gasteiger partial charge in [-0.25, -0.2) is 4.39 Å². The van der Waals surface area contributed by atoms with E-state index in [1.54, 1.807) is 12.1 Å². The predicted octanol–water partition coefficient (Wildman–Crippen LogP) is 2.68. The van der Waals surface area contributed by atoms with E-state index < -0.39 is 5.41 Å². The molecule has 0 amide bonds. The topological polar surface area (TPSA) is 38.3 Å². The van der Waals surface area contributed by atoms with Crippen molar-refractivity contribution in [1.82, 2.24) is 5.32 Å². The molecule has 1 aromatic carbocycles. The normalized spacial score (nSPS) is 13.2. The Bertz CT molecular complexity index is 401. The Labute approximate surface area is 107 Å². The van der Waals surface area contributed by atoms with Gasteiger partial charge in [-0.05, 0) is 38.5 Å². The minimum absolute atomic E-state index is 0.0505. The maximum Gasteiger partial charge on any atom is 0.312 e. The third-order valence-corrected chi connectivity index (χ3v) is 2.96. The van der Waals surface area contributed by atoms with Gasteiger partial charge in [0.2, 0.25) is 0 Å². The van der Waals surface area contributed by atoms with Crippen molar-refractivity contribution in [3.05, 3.63) is 35.6 Å². The molecule has 3 nitrogen and oxygen atoms in total. The van der Waals surface area contributed by atoms with Crippen molar-refractivity contribution in [3.8, 4) is 0 Å². The maximum atomic E-state index is 12.8. The molecule has 0 aromatic heterocycles. The summed E-state index contributed by atoms with van der Waals surface area (Å²) in [6.45, 7) is 6.12. The summed E-state index contributed by atoms with van der Waals surface area (Å²) in [6, 6.07) is 6.38. The second-order valence-electron chi connectivity index (χ2n) is 5.03. The van der Waals surface area contributed by atoms with Gasteiger partial charge in [0.05, 0.1) is 12.5 Å². The Kier molecular flexibility index (Phi) is 4.84. The lowest BCUT2D eigenvalue weighted by Crippen LogP contribution is -2.37.